The number of nitrogens with two attached hydrogens (primary N) is 3. The predicted molar refractivity (Wildman–Crippen MR) is 144 cm³/mol. The van der Waals surface area contributed by atoms with Gasteiger partial charge in [-0.15, -0.1) is 0 Å². The van der Waals surface area contributed by atoms with Gasteiger partial charge in [0.15, 0.2) is 0 Å². The zero-order valence-corrected chi connectivity index (χ0v) is 23.7. The number of ether oxygens (including phenoxy) is 1. The molecule has 0 aliphatic carbocycles. The molecule has 6 atom stereocenters. The van der Waals surface area contributed by atoms with E-state index >= 15 is 0 Å². The maximum absolute atomic E-state index is 13.3. The van der Waals surface area contributed by atoms with Gasteiger partial charge in [-0.3, -0.25) is 43.2 Å². The maximum Gasteiger partial charge on any atom is 0.306 e. The van der Waals surface area contributed by atoms with Crippen molar-refractivity contribution in [3.63, 3.8) is 0 Å². The van der Waals surface area contributed by atoms with Crippen LogP contribution in [0, 0.1) is 5.92 Å². The zero-order chi connectivity index (χ0) is 32.9. The summed E-state index contributed by atoms with van der Waals surface area (Å²) in [6.07, 6.45) is -4.38. The number of amides is 8. The molecule has 0 spiro atoms. The van der Waals surface area contributed by atoms with Gasteiger partial charge in [-0.1, -0.05) is 20.3 Å². The highest BCUT2D eigenvalue weighted by Gasteiger charge is 2.35. The smallest absolute Gasteiger partial charge is 0.306 e. The molecule has 12 N–H and O–H groups in total. The first kappa shape index (κ1) is 36.2. The summed E-state index contributed by atoms with van der Waals surface area (Å²) in [6.45, 7) is 2.54. The zero-order valence-electron chi connectivity index (χ0n) is 23.7. The van der Waals surface area contributed by atoms with Crippen molar-refractivity contribution in [1.29, 1.82) is 0 Å². The van der Waals surface area contributed by atoms with Crippen molar-refractivity contribution in [1.82, 2.24) is 26.6 Å². The molecule has 1 rings (SSSR count). The normalized spacial score (nSPS) is 25.3. The molecule has 19 heteroatoms. The van der Waals surface area contributed by atoms with Crippen LogP contribution in [0.2, 0.25) is 0 Å². The van der Waals surface area contributed by atoms with Crippen molar-refractivity contribution >= 4 is 53.2 Å². The molecule has 0 saturated carbocycles. The summed E-state index contributed by atoms with van der Waals surface area (Å²) in [5.74, 6) is -10.3. The van der Waals surface area contributed by atoms with Crippen molar-refractivity contribution < 1.29 is 53.0 Å². The Morgan fingerprint density at radius 1 is 0.744 bits per heavy atom. The lowest BCUT2D eigenvalue weighted by Crippen LogP contribution is -2.60. The number of carboxylic acid groups (broad SMARTS) is 1. The predicted octanol–water partition coefficient (Wildman–Crippen LogP) is -5.41. The van der Waals surface area contributed by atoms with Crippen LogP contribution in [0.4, 0.5) is 0 Å². The number of aliphatic carboxylic acids is 1. The Balaban J connectivity index is 3.55. The molecule has 0 aromatic carbocycles. The van der Waals surface area contributed by atoms with Gasteiger partial charge in [0.25, 0.3) is 0 Å². The molecule has 1 aliphatic rings. The molecular formula is C24H38N8O11. The molecule has 0 aromatic heterocycles. The Bertz CT molecular complexity index is 1110. The highest BCUT2D eigenvalue weighted by molar-refractivity contribution is 5.99. The molecule has 43 heavy (non-hydrogen) atoms. The van der Waals surface area contributed by atoms with E-state index in [1.54, 1.807) is 13.8 Å². The summed E-state index contributed by atoms with van der Waals surface area (Å²) in [4.78, 5) is 111. The van der Waals surface area contributed by atoms with E-state index < -0.39 is 122 Å². The second-order valence-corrected chi connectivity index (χ2v) is 9.81. The molecule has 240 valence electrons. The Labute approximate surface area is 245 Å². The lowest BCUT2D eigenvalue weighted by Gasteiger charge is -2.28. The fraction of sp³-hybridized carbons (Fsp3) is 0.625. The van der Waals surface area contributed by atoms with Gasteiger partial charge in [-0.05, 0) is 5.92 Å². The summed E-state index contributed by atoms with van der Waals surface area (Å²) in [5.41, 5.74) is 15.6. The van der Waals surface area contributed by atoms with E-state index in [9.17, 15) is 48.3 Å². The van der Waals surface area contributed by atoms with Crippen LogP contribution in [0.5, 0.6) is 0 Å². The van der Waals surface area contributed by atoms with Crippen LogP contribution in [0.25, 0.3) is 0 Å². The third kappa shape index (κ3) is 12.7. The highest BCUT2D eigenvalue weighted by atomic mass is 16.5. The second-order valence-electron chi connectivity index (χ2n) is 9.81. The van der Waals surface area contributed by atoms with E-state index in [0.29, 0.717) is 6.42 Å². The van der Waals surface area contributed by atoms with E-state index in [1.807, 2.05) is 0 Å². The molecule has 1 aliphatic heterocycles. The quantitative estimate of drug-likeness (QED) is 0.112. The van der Waals surface area contributed by atoms with Gasteiger partial charge in [-0.25, -0.2) is 0 Å². The van der Waals surface area contributed by atoms with Gasteiger partial charge in [0.05, 0.1) is 32.3 Å². The van der Waals surface area contributed by atoms with Crippen LogP contribution in [-0.4, -0.2) is 102 Å². The Kier molecular flexibility index (Phi) is 14.5. The monoisotopic (exact) mass is 614 g/mol. The number of carbonyl (C=O) groups is 9. The molecule has 0 unspecified atom stereocenters. The van der Waals surface area contributed by atoms with Crippen LogP contribution < -0.4 is 43.8 Å². The summed E-state index contributed by atoms with van der Waals surface area (Å²) >= 11 is 0. The molecular weight excluding hydrogens is 576 g/mol. The first-order valence-corrected chi connectivity index (χ1v) is 13.2. The molecule has 19 nitrogen and oxygen atoms in total. The van der Waals surface area contributed by atoms with Gasteiger partial charge in [0, 0.05) is 6.54 Å². The third-order valence-corrected chi connectivity index (χ3v) is 6.28. The Morgan fingerprint density at radius 3 is 1.60 bits per heavy atom. The van der Waals surface area contributed by atoms with Crippen LogP contribution in [0.15, 0.2) is 0 Å². The fourth-order valence-electron chi connectivity index (χ4n) is 3.87. The van der Waals surface area contributed by atoms with Gasteiger partial charge in [0.2, 0.25) is 47.3 Å². The standard InChI is InChI=1S/C24H38N8O11/c1-3-10(2)19-24(42)31-13(8-17(27)35)22(40)30-12(7-16(26)34)21(39)29-11(6-15(25)33)20(38)28-4-5-43-14(9-18(36)37)23(41)32-19/h10-14,19H,3-9H2,1-2H3,(H2,25,33)(H2,26,34)(H2,27,35)(H,28,38)(H,29,39)(H,30,40)(H,31,42)(H,32,41)(H,36,37)/t10-,11-,12-,13-,14+,19+/m1/s1. The molecule has 0 aromatic rings. The minimum atomic E-state index is -1.73. The summed E-state index contributed by atoms with van der Waals surface area (Å²) < 4.78 is 5.35. The molecule has 0 bridgehead atoms. The number of hydrogen-bond donors (Lipinski definition) is 9. The lowest BCUT2D eigenvalue weighted by atomic mass is 9.97. The van der Waals surface area contributed by atoms with E-state index in [1.165, 1.54) is 0 Å². The summed E-state index contributed by atoms with van der Waals surface area (Å²) in [6, 6.07) is -6.40. The lowest BCUT2D eigenvalue weighted by molar-refractivity contribution is -0.147. The Morgan fingerprint density at radius 2 is 1.19 bits per heavy atom. The summed E-state index contributed by atoms with van der Waals surface area (Å²) in [7, 11) is 0. The highest BCUT2D eigenvalue weighted by Crippen LogP contribution is 2.11. The van der Waals surface area contributed by atoms with E-state index in [4.69, 9.17) is 21.9 Å². The minimum absolute atomic E-state index is 0.321. The first-order valence-electron chi connectivity index (χ1n) is 13.2. The van der Waals surface area contributed by atoms with Gasteiger partial charge < -0.3 is 53.6 Å². The average Bonchev–Trinajstić information content (AvgIpc) is 2.89. The second kappa shape index (κ2) is 17.2. The van der Waals surface area contributed by atoms with E-state index in [-0.39, 0.29) is 6.54 Å². The maximum atomic E-state index is 13.3. The van der Waals surface area contributed by atoms with Gasteiger partial charge >= 0.3 is 5.97 Å². The molecule has 8 amide bonds. The molecule has 0 radical (unpaired) electrons. The van der Waals surface area contributed by atoms with Crippen molar-refractivity contribution in [3.8, 4) is 0 Å². The van der Waals surface area contributed by atoms with Gasteiger partial charge in [-0.2, -0.15) is 0 Å². The van der Waals surface area contributed by atoms with Crippen molar-refractivity contribution in [3.05, 3.63) is 0 Å². The minimum Gasteiger partial charge on any atom is -0.481 e. The van der Waals surface area contributed by atoms with Crippen molar-refractivity contribution in [2.75, 3.05) is 13.2 Å². The van der Waals surface area contributed by atoms with Crippen LogP contribution >= 0.6 is 0 Å². The summed E-state index contributed by atoms with van der Waals surface area (Å²) in [5, 5.41) is 20.6. The molecule has 1 saturated heterocycles. The largest absolute Gasteiger partial charge is 0.481 e. The van der Waals surface area contributed by atoms with E-state index in [0.717, 1.165) is 0 Å². The molecule has 1 heterocycles. The first-order chi connectivity index (χ1) is 20.0. The van der Waals surface area contributed by atoms with Crippen LogP contribution in [0.1, 0.15) is 46.0 Å². The topological polar surface area (TPSA) is 321 Å². The number of rotatable bonds is 10. The van der Waals surface area contributed by atoms with Crippen molar-refractivity contribution in [2.45, 2.75) is 76.2 Å². The number of carboxylic acids is 1. The average molecular weight is 615 g/mol. The van der Waals surface area contributed by atoms with E-state index in [2.05, 4.69) is 26.6 Å². The van der Waals surface area contributed by atoms with Crippen LogP contribution in [-0.2, 0) is 47.9 Å². The van der Waals surface area contributed by atoms with Gasteiger partial charge in [0.1, 0.15) is 30.3 Å². The number of nitrogens with one attached hydrogen (secondary N) is 5. The van der Waals surface area contributed by atoms with Crippen LogP contribution in [0.3, 0.4) is 0 Å². The van der Waals surface area contributed by atoms with Crippen molar-refractivity contribution in [2.24, 2.45) is 23.1 Å². The number of carbonyl (C=O) groups excluding carboxylic acids is 8. The fourth-order valence-corrected chi connectivity index (χ4v) is 3.87. The SMILES string of the molecule is CC[C@@H](C)[C@@H]1NC(=O)[C@H](CC(=O)O)OCCNC(=O)[C@@H](CC(N)=O)NC(=O)[C@@H](CC(N)=O)NC(=O)[C@@H](CC(N)=O)NC1=O. The number of primary amides is 3. The third-order valence-electron chi connectivity index (χ3n) is 6.28. The Hall–Kier alpha value is -4.81. The number of hydrogen-bond acceptors (Lipinski definition) is 10. The molecule has 1 fully saturated rings.